The summed E-state index contributed by atoms with van der Waals surface area (Å²) in [6.45, 7) is 0.514. The van der Waals surface area contributed by atoms with Gasteiger partial charge < -0.3 is 25.1 Å². The minimum absolute atomic E-state index is 0.0616. The van der Waals surface area contributed by atoms with Crippen LogP contribution in [0, 0.1) is 5.92 Å². The first-order valence-electron chi connectivity index (χ1n) is 6.41. The van der Waals surface area contributed by atoms with E-state index in [1.807, 2.05) is 0 Å². The lowest BCUT2D eigenvalue weighted by atomic mass is 9.99. The molecule has 1 aromatic rings. The van der Waals surface area contributed by atoms with E-state index >= 15 is 0 Å². The molecule has 0 amide bonds. The van der Waals surface area contributed by atoms with Gasteiger partial charge in [-0.15, -0.1) is 0 Å². The van der Waals surface area contributed by atoms with Crippen molar-refractivity contribution in [3.8, 4) is 17.2 Å². The summed E-state index contributed by atoms with van der Waals surface area (Å²) < 4.78 is 16.0. The van der Waals surface area contributed by atoms with Gasteiger partial charge in [0.05, 0.1) is 26.4 Å². The highest BCUT2D eigenvalue weighted by atomic mass is 35.5. The monoisotopic (exact) mass is 303 g/mol. The molecule has 0 fully saturated rings. The van der Waals surface area contributed by atoms with E-state index in [9.17, 15) is 5.11 Å². The molecule has 0 saturated heterocycles. The van der Waals surface area contributed by atoms with Crippen LogP contribution >= 0.6 is 11.6 Å². The topological polar surface area (TPSA) is 73.9 Å². The molecule has 114 valence electrons. The van der Waals surface area contributed by atoms with Crippen molar-refractivity contribution in [3.05, 3.63) is 16.7 Å². The number of ether oxygens (including phenoxy) is 3. The normalized spacial score (nSPS) is 12.1. The predicted molar refractivity (Wildman–Crippen MR) is 79.1 cm³/mol. The van der Waals surface area contributed by atoms with Gasteiger partial charge in [0.2, 0.25) is 5.75 Å². The van der Waals surface area contributed by atoms with Crippen LogP contribution in [0.3, 0.4) is 0 Å². The van der Waals surface area contributed by atoms with Gasteiger partial charge in [0.15, 0.2) is 11.5 Å². The van der Waals surface area contributed by atoms with E-state index in [1.165, 1.54) is 14.2 Å². The molecule has 0 aliphatic carbocycles. The molecule has 0 aliphatic rings. The Labute approximate surface area is 124 Å². The lowest BCUT2D eigenvalue weighted by Gasteiger charge is -2.18. The van der Waals surface area contributed by atoms with Crippen molar-refractivity contribution < 1.29 is 19.3 Å². The molecule has 1 unspecified atom stereocenters. The van der Waals surface area contributed by atoms with E-state index < -0.39 is 0 Å². The highest BCUT2D eigenvalue weighted by Gasteiger charge is 2.20. The minimum atomic E-state index is 0.0616. The molecule has 0 aromatic heterocycles. The number of methoxy groups -OCH3 is 3. The van der Waals surface area contributed by atoms with Crippen molar-refractivity contribution in [3.63, 3.8) is 0 Å². The fourth-order valence-electron chi connectivity index (χ4n) is 2.07. The maximum Gasteiger partial charge on any atom is 0.205 e. The summed E-state index contributed by atoms with van der Waals surface area (Å²) in [5.74, 6) is 1.59. The third-order valence-corrected chi connectivity index (χ3v) is 3.53. The van der Waals surface area contributed by atoms with Crippen LogP contribution < -0.4 is 19.9 Å². The average molecular weight is 304 g/mol. The largest absolute Gasteiger partial charge is 0.492 e. The van der Waals surface area contributed by atoms with E-state index in [4.69, 9.17) is 31.5 Å². The van der Waals surface area contributed by atoms with E-state index in [1.54, 1.807) is 13.2 Å². The highest BCUT2D eigenvalue weighted by molar-refractivity contribution is 6.32. The second-order valence-corrected chi connectivity index (χ2v) is 4.85. The van der Waals surface area contributed by atoms with Gasteiger partial charge in [-0.2, -0.15) is 0 Å². The smallest absolute Gasteiger partial charge is 0.205 e. The first-order chi connectivity index (χ1) is 9.62. The molecule has 0 aliphatic heterocycles. The van der Waals surface area contributed by atoms with Gasteiger partial charge in [-0.25, -0.2) is 0 Å². The number of aliphatic hydroxyl groups excluding tert-OH is 1. The molecule has 6 heteroatoms. The van der Waals surface area contributed by atoms with Gasteiger partial charge in [-0.1, -0.05) is 11.6 Å². The minimum Gasteiger partial charge on any atom is -0.492 e. The molecule has 1 rings (SSSR count). The molecule has 0 bridgehead atoms. The lowest BCUT2D eigenvalue weighted by molar-refractivity contribution is 0.222. The van der Waals surface area contributed by atoms with Crippen LogP contribution in [-0.2, 0) is 6.42 Å². The van der Waals surface area contributed by atoms with Crippen molar-refractivity contribution >= 4 is 11.6 Å². The van der Waals surface area contributed by atoms with Crippen LogP contribution in [0.15, 0.2) is 6.07 Å². The maximum atomic E-state index is 9.19. The summed E-state index contributed by atoms with van der Waals surface area (Å²) in [6.07, 6.45) is 1.43. The summed E-state index contributed by atoms with van der Waals surface area (Å²) in [5, 5.41) is 9.65. The zero-order chi connectivity index (χ0) is 15.1. The van der Waals surface area contributed by atoms with E-state index in [0.717, 1.165) is 12.0 Å². The first-order valence-corrected chi connectivity index (χ1v) is 6.78. The number of nitrogens with two attached hydrogens (primary N) is 1. The Bertz CT molecular complexity index is 436. The Balaban J connectivity index is 3.09. The number of hydrogen-bond donors (Lipinski definition) is 2. The van der Waals surface area contributed by atoms with Crippen LogP contribution in [0.25, 0.3) is 0 Å². The summed E-state index contributed by atoms with van der Waals surface area (Å²) in [6, 6.07) is 1.80. The molecule has 1 atom stereocenters. The van der Waals surface area contributed by atoms with E-state index in [-0.39, 0.29) is 12.5 Å². The molecule has 5 nitrogen and oxygen atoms in total. The molecule has 20 heavy (non-hydrogen) atoms. The predicted octanol–water partition coefficient (Wildman–Crippen LogP) is 1.87. The SMILES string of the molecule is COc1c(Cl)cc(CCC(CN)CO)c(OC)c1OC. The second kappa shape index (κ2) is 8.19. The standard InChI is InChI=1S/C14H22ClNO4/c1-18-12-10(5-4-9(7-16)8-17)6-11(15)13(19-2)14(12)20-3/h6,9,17H,4-5,7-8,16H2,1-3H3. The number of aliphatic hydroxyl groups is 1. The van der Waals surface area contributed by atoms with Crippen molar-refractivity contribution in [1.29, 1.82) is 0 Å². The molecule has 3 N–H and O–H groups in total. The molecular formula is C14H22ClNO4. The average Bonchev–Trinajstić information content (AvgIpc) is 2.47. The van der Waals surface area contributed by atoms with Gasteiger partial charge in [0, 0.05) is 6.61 Å². The Morgan fingerprint density at radius 3 is 2.20 bits per heavy atom. The summed E-state index contributed by atoms with van der Waals surface area (Å²) in [4.78, 5) is 0. The van der Waals surface area contributed by atoms with Gasteiger partial charge in [0.25, 0.3) is 0 Å². The Morgan fingerprint density at radius 1 is 1.15 bits per heavy atom. The van der Waals surface area contributed by atoms with Gasteiger partial charge >= 0.3 is 0 Å². The number of halogens is 1. The maximum absolute atomic E-state index is 9.19. The summed E-state index contributed by atoms with van der Waals surface area (Å²) in [5.41, 5.74) is 6.49. The van der Waals surface area contributed by atoms with Crippen molar-refractivity contribution in [2.75, 3.05) is 34.5 Å². The van der Waals surface area contributed by atoms with Crippen LogP contribution in [-0.4, -0.2) is 39.6 Å². The van der Waals surface area contributed by atoms with Crippen molar-refractivity contribution in [2.24, 2.45) is 11.7 Å². The number of aryl methyl sites for hydroxylation is 1. The molecule has 1 aromatic carbocycles. The van der Waals surface area contributed by atoms with Crippen LogP contribution in [0.2, 0.25) is 5.02 Å². The number of benzene rings is 1. The second-order valence-electron chi connectivity index (χ2n) is 4.44. The Kier molecular flexibility index (Phi) is 6.91. The third kappa shape index (κ3) is 3.69. The van der Waals surface area contributed by atoms with Crippen molar-refractivity contribution in [2.45, 2.75) is 12.8 Å². The zero-order valence-electron chi connectivity index (χ0n) is 12.1. The van der Waals surface area contributed by atoms with Crippen LogP contribution in [0.1, 0.15) is 12.0 Å². The fraction of sp³-hybridized carbons (Fsp3) is 0.571. The number of hydrogen-bond acceptors (Lipinski definition) is 5. The molecular weight excluding hydrogens is 282 g/mol. The first kappa shape index (κ1) is 16.9. The Hall–Kier alpha value is -1.17. The van der Waals surface area contributed by atoms with Gasteiger partial charge in [0.1, 0.15) is 0 Å². The van der Waals surface area contributed by atoms with E-state index in [2.05, 4.69) is 0 Å². The van der Waals surface area contributed by atoms with Gasteiger partial charge in [-0.3, -0.25) is 0 Å². The third-order valence-electron chi connectivity index (χ3n) is 3.25. The fourth-order valence-corrected chi connectivity index (χ4v) is 2.36. The highest BCUT2D eigenvalue weighted by Crippen LogP contribution is 2.45. The quantitative estimate of drug-likeness (QED) is 0.767. The molecule has 0 radical (unpaired) electrons. The zero-order valence-corrected chi connectivity index (χ0v) is 12.9. The van der Waals surface area contributed by atoms with Crippen LogP contribution in [0.4, 0.5) is 0 Å². The van der Waals surface area contributed by atoms with Gasteiger partial charge in [-0.05, 0) is 36.9 Å². The number of rotatable bonds is 8. The van der Waals surface area contributed by atoms with Crippen LogP contribution in [0.5, 0.6) is 17.2 Å². The van der Waals surface area contributed by atoms with Crippen molar-refractivity contribution in [1.82, 2.24) is 0 Å². The summed E-state index contributed by atoms with van der Waals surface area (Å²) >= 11 is 6.19. The Morgan fingerprint density at radius 2 is 1.75 bits per heavy atom. The lowest BCUT2D eigenvalue weighted by Crippen LogP contribution is -2.18. The van der Waals surface area contributed by atoms with E-state index in [0.29, 0.717) is 35.2 Å². The summed E-state index contributed by atoms with van der Waals surface area (Å²) in [7, 11) is 4.64. The molecule has 0 heterocycles. The molecule has 0 saturated carbocycles. The molecule has 0 spiro atoms.